The lowest BCUT2D eigenvalue weighted by atomic mass is 9.86. The van der Waals surface area contributed by atoms with Gasteiger partial charge in [-0.15, -0.1) is 0 Å². The number of aromatic nitrogens is 4. The highest BCUT2D eigenvalue weighted by Crippen LogP contribution is 2.44. The van der Waals surface area contributed by atoms with Crippen LogP contribution in [-0.4, -0.2) is 19.5 Å². The highest BCUT2D eigenvalue weighted by Gasteiger charge is 2.19. The minimum absolute atomic E-state index is 0.587. The maximum Gasteiger partial charge on any atom is 0.238 e. The summed E-state index contributed by atoms with van der Waals surface area (Å²) in [7, 11) is 0. The van der Waals surface area contributed by atoms with Crippen molar-refractivity contribution >= 4 is 86.4 Å². The summed E-state index contributed by atoms with van der Waals surface area (Å²) < 4.78 is 2.17. The largest absolute Gasteiger partial charge is 0.278 e. The van der Waals surface area contributed by atoms with Gasteiger partial charge in [0.15, 0.2) is 11.6 Å². The van der Waals surface area contributed by atoms with Crippen LogP contribution in [0.3, 0.4) is 0 Å². The summed E-state index contributed by atoms with van der Waals surface area (Å²) in [5.74, 6) is 1.84. The molecule has 0 amide bonds. The minimum Gasteiger partial charge on any atom is -0.278 e. The SMILES string of the molecule is c1ccc(-c2nc(-c3cccc(-c4cc5ccc6cccc7c8cccc9ccc%10cccc(c(c4)c5c67)c%10c98)c3)nc(-n3c4ccccc4c4ccccc43)n2)cc1. The standard InChI is InChI=1S/C55H32N4/c1-2-12-36(13-3-1)53-56-54(58-55(57-53)59-47-24-6-4-19-41(47)42-20-5-7-25-48(42)59)39-18-8-17-37(30-39)40-31-38-29-28-35-15-10-22-44-43-21-9-14-33-26-27-34-16-11-23-45(51(34)49(33)43)46(32-40)52(38)50(35)44/h1-32H. The molecule has 0 radical (unpaired) electrons. The van der Waals surface area contributed by atoms with Gasteiger partial charge in [0, 0.05) is 21.9 Å². The van der Waals surface area contributed by atoms with Gasteiger partial charge in [0.2, 0.25) is 5.95 Å². The van der Waals surface area contributed by atoms with Crippen LogP contribution in [-0.2, 0) is 0 Å². The molecule has 13 rings (SSSR count). The summed E-state index contributed by atoms with van der Waals surface area (Å²) >= 11 is 0. The Balaban J connectivity index is 1.08. The van der Waals surface area contributed by atoms with E-state index in [4.69, 9.17) is 15.0 Å². The van der Waals surface area contributed by atoms with E-state index in [1.54, 1.807) is 0 Å². The molecule has 0 aliphatic carbocycles. The second-order valence-electron chi connectivity index (χ2n) is 15.6. The van der Waals surface area contributed by atoms with E-state index in [1.807, 2.05) is 18.2 Å². The molecule has 0 aliphatic rings. The van der Waals surface area contributed by atoms with Gasteiger partial charge in [0.1, 0.15) is 0 Å². The molecule has 0 aliphatic heterocycles. The molecule has 2 heterocycles. The first kappa shape index (κ1) is 32.2. The number of hydrogen-bond acceptors (Lipinski definition) is 3. The van der Waals surface area contributed by atoms with Crippen LogP contribution in [0.5, 0.6) is 0 Å². The average molecular weight is 749 g/mol. The van der Waals surface area contributed by atoms with E-state index < -0.39 is 0 Å². The Morgan fingerprint density at radius 3 is 1.36 bits per heavy atom. The lowest BCUT2D eigenvalue weighted by Gasteiger charge is -2.17. The van der Waals surface area contributed by atoms with Crippen LogP contribution in [0, 0.1) is 0 Å². The second-order valence-corrected chi connectivity index (χ2v) is 15.6. The third-order valence-corrected chi connectivity index (χ3v) is 12.3. The quantitative estimate of drug-likeness (QED) is 0.168. The number of benzene rings is 10. The summed E-state index contributed by atoms with van der Waals surface area (Å²) in [6, 6.07) is 70.0. The Bertz CT molecular complexity index is 3790. The number of fused-ring (bicyclic) bond motifs is 5. The molecule has 13 aromatic rings. The Morgan fingerprint density at radius 1 is 0.271 bits per heavy atom. The van der Waals surface area contributed by atoms with E-state index in [1.165, 1.54) is 64.6 Å². The number of nitrogens with zero attached hydrogens (tertiary/aromatic N) is 4. The Morgan fingerprint density at radius 2 is 0.729 bits per heavy atom. The molecule has 272 valence electrons. The summed E-state index contributed by atoms with van der Waals surface area (Å²) in [4.78, 5) is 15.6. The predicted molar refractivity (Wildman–Crippen MR) is 247 cm³/mol. The molecule has 0 saturated heterocycles. The van der Waals surface area contributed by atoms with Crippen molar-refractivity contribution in [2.45, 2.75) is 0 Å². The molecule has 4 heteroatoms. The van der Waals surface area contributed by atoms with Gasteiger partial charge in [-0.05, 0) is 106 Å². The fourth-order valence-corrected chi connectivity index (χ4v) is 9.74. The van der Waals surface area contributed by atoms with Crippen LogP contribution in [0.2, 0.25) is 0 Å². The highest BCUT2D eigenvalue weighted by molar-refractivity contribution is 6.37. The van der Waals surface area contributed by atoms with Gasteiger partial charge in [-0.2, -0.15) is 9.97 Å². The second kappa shape index (κ2) is 12.3. The molecule has 0 unspecified atom stereocenters. The zero-order valence-electron chi connectivity index (χ0n) is 31.8. The van der Waals surface area contributed by atoms with Gasteiger partial charge >= 0.3 is 0 Å². The van der Waals surface area contributed by atoms with E-state index in [0.717, 1.165) is 44.1 Å². The van der Waals surface area contributed by atoms with Crippen molar-refractivity contribution < 1.29 is 0 Å². The Kier molecular flexibility index (Phi) is 6.69. The average Bonchev–Trinajstić information content (AvgIpc) is 3.64. The molecule has 2 aromatic heterocycles. The van der Waals surface area contributed by atoms with Gasteiger partial charge in [-0.25, -0.2) is 4.98 Å². The molecule has 0 spiro atoms. The maximum atomic E-state index is 5.26. The first-order chi connectivity index (χ1) is 29.2. The van der Waals surface area contributed by atoms with Gasteiger partial charge in [0.05, 0.1) is 11.0 Å². The van der Waals surface area contributed by atoms with Crippen LogP contribution in [0.4, 0.5) is 0 Å². The van der Waals surface area contributed by atoms with Crippen LogP contribution >= 0.6 is 0 Å². The summed E-state index contributed by atoms with van der Waals surface area (Å²) in [6.07, 6.45) is 0. The first-order valence-corrected chi connectivity index (χ1v) is 20.1. The molecule has 4 nitrogen and oxygen atoms in total. The third-order valence-electron chi connectivity index (χ3n) is 12.3. The molecule has 0 fully saturated rings. The van der Waals surface area contributed by atoms with E-state index in [-0.39, 0.29) is 0 Å². The monoisotopic (exact) mass is 748 g/mol. The smallest absolute Gasteiger partial charge is 0.238 e. The Labute approximate surface area is 338 Å². The van der Waals surface area contributed by atoms with Crippen molar-refractivity contribution in [1.82, 2.24) is 19.5 Å². The highest BCUT2D eigenvalue weighted by atomic mass is 15.2. The summed E-state index contributed by atoms with van der Waals surface area (Å²) in [6.45, 7) is 0. The fourth-order valence-electron chi connectivity index (χ4n) is 9.74. The fraction of sp³-hybridized carbons (Fsp3) is 0. The topological polar surface area (TPSA) is 43.6 Å². The van der Waals surface area contributed by atoms with E-state index in [2.05, 4.69) is 180 Å². The lowest BCUT2D eigenvalue weighted by molar-refractivity contribution is 0.953. The van der Waals surface area contributed by atoms with Gasteiger partial charge in [0.25, 0.3) is 0 Å². The number of hydrogen-bond donors (Lipinski definition) is 0. The molecule has 11 aromatic carbocycles. The van der Waals surface area contributed by atoms with Crippen molar-refractivity contribution in [3.05, 3.63) is 194 Å². The molecule has 0 atom stereocenters. The predicted octanol–water partition coefficient (Wildman–Crippen LogP) is 14.3. The lowest BCUT2D eigenvalue weighted by Crippen LogP contribution is -2.06. The number of rotatable bonds is 4. The van der Waals surface area contributed by atoms with Gasteiger partial charge in [-0.3, -0.25) is 4.57 Å². The van der Waals surface area contributed by atoms with Crippen LogP contribution in [0.1, 0.15) is 0 Å². The van der Waals surface area contributed by atoms with E-state index >= 15 is 0 Å². The van der Waals surface area contributed by atoms with Crippen molar-refractivity contribution in [2.24, 2.45) is 0 Å². The molecule has 59 heavy (non-hydrogen) atoms. The van der Waals surface area contributed by atoms with Crippen molar-refractivity contribution in [1.29, 1.82) is 0 Å². The molecule has 0 saturated carbocycles. The molecular formula is C55H32N4. The molecule has 0 N–H and O–H groups in total. The molecule has 0 bridgehead atoms. The summed E-state index contributed by atoms with van der Waals surface area (Å²) in [5.41, 5.74) is 6.21. The minimum atomic E-state index is 0.587. The van der Waals surface area contributed by atoms with Crippen molar-refractivity contribution in [2.75, 3.05) is 0 Å². The van der Waals surface area contributed by atoms with Gasteiger partial charge < -0.3 is 0 Å². The number of para-hydroxylation sites is 2. The van der Waals surface area contributed by atoms with Crippen LogP contribution in [0.25, 0.3) is 126 Å². The zero-order valence-corrected chi connectivity index (χ0v) is 31.8. The van der Waals surface area contributed by atoms with Crippen molar-refractivity contribution in [3.63, 3.8) is 0 Å². The maximum absolute atomic E-state index is 5.26. The van der Waals surface area contributed by atoms with Crippen LogP contribution < -0.4 is 0 Å². The Hall–Kier alpha value is -7.95. The van der Waals surface area contributed by atoms with Crippen LogP contribution in [0.15, 0.2) is 194 Å². The zero-order chi connectivity index (χ0) is 38.6. The van der Waals surface area contributed by atoms with E-state index in [9.17, 15) is 0 Å². The first-order valence-electron chi connectivity index (χ1n) is 20.1. The normalized spacial score (nSPS) is 12.1. The summed E-state index contributed by atoms with van der Waals surface area (Å²) in [5, 5.41) is 17.6. The van der Waals surface area contributed by atoms with Crippen molar-refractivity contribution in [3.8, 4) is 39.9 Å². The molecular weight excluding hydrogens is 717 g/mol. The van der Waals surface area contributed by atoms with E-state index in [0.29, 0.717) is 17.6 Å². The third kappa shape index (κ3) is 4.75. The van der Waals surface area contributed by atoms with Gasteiger partial charge in [-0.1, -0.05) is 164 Å².